The molecular weight excluding hydrogens is 456 g/mol. The maximum absolute atomic E-state index is 6.46. The molecule has 4 nitrogen and oxygen atoms in total. The molecule has 0 aliphatic heterocycles. The predicted octanol–water partition coefficient (Wildman–Crippen LogP) is 8.79. The molecular formula is C33H38N2O2. The Morgan fingerprint density at radius 1 is 0.784 bits per heavy atom. The molecule has 0 amide bonds. The molecule has 0 radical (unpaired) electrons. The molecule has 1 saturated carbocycles. The molecule has 1 aliphatic carbocycles. The van der Waals surface area contributed by atoms with E-state index in [0.29, 0.717) is 0 Å². The summed E-state index contributed by atoms with van der Waals surface area (Å²) in [6.07, 6.45) is 9.74. The largest absolute Gasteiger partial charge is 0.493 e. The minimum atomic E-state index is 0.262. The number of rotatable bonds is 11. The molecule has 0 bridgehead atoms. The zero-order chi connectivity index (χ0) is 25.5. The highest BCUT2D eigenvalue weighted by Crippen LogP contribution is 2.40. The van der Waals surface area contributed by atoms with Crippen LogP contribution in [0, 0.1) is 0 Å². The average molecular weight is 495 g/mol. The van der Waals surface area contributed by atoms with Gasteiger partial charge in [0.05, 0.1) is 24.6 Å². The van der Waals surface area contributed by atoms with Gasteiger partial charge in [0.1, 0.15) is 5.82 Å². The summed E-state index contributed by atoms with van der Waals surface area (Å²) in [5, 5.41) is 0. The third-order valence-corrected chi connectivity index (χ3v) is 7.31. The number of imidazole rings is 1. The Hall–Kier alpha value is -3.53. The maximum Gasteiger partial charge on any atom is 0.162 e. The summed E-state index contributed by atoms with van der Waals surface area (Å²) >= 11 is 0. The zero-order valence-electron chi connectivity index (χ0n) is 22.2. The zero-order valence-corrected chi connectivity index (χ0v) is 22.2. The highest BCUT2D eigenvalue weighted by atomic mass is 16.5. The van der Waals surface area contributed by atoms with Gasteiger partial charge < -0.3 is 14.0 Å². The smallest absolute Gasteiger partial charge is 0.162 e. The van der Waals surface area contributed by atoms with Gasteiger partial charge in [-0.1, -0.05) is 86.8 Å². The van der Waals surface area contributed by atoms with Crippen molar-refractivity contribution in [1.29, 1.82) is 0 Å². The lowest BCUT2D eigenvalue weighted by Crippen LogP contribution is -2.11. The van der Waals surface area contributed by atoms with Crippen LogP contribution in [0.3, 0.4) is 0 Å². The summed E-state index contributed by atoms with van der Waals surface area (Å²) in [7, 11) is 1.71. The summed E-state index contributed by atoms with van der Waals surface area (Å²) < 4.78 is 14.6. The van der Waals surface area contributed by atoms with E-state index in [-0.39, 0.29) is 6.10 Å². The standard InChI is InChI=1S/C33H38N2O2/c1-3-4-5-14-23-35-32(26-17-10-7-11-18-26)31(25-15-8-6-9-16-25)34-33(35)27-21-22-29(36-2)30(24-27)37-28-19-12-13-20-28/h6-11,15-18,21-22,24,28H,3-5,12-14,19-20,23H2,1-2H3. The molecule has 1 heterocycles. The molecule has 1 aromatic heterocycles. The molecule has 192 valence electrons. The van der Waals surface area contributed by atoms with Gasteiger partial charge in [0.15, 0.2) is 11.5 Å². The van der Waals surface area contributed by atoms with Crippen LogP contribution >= 0.6 is 0 Å². The van der Waals surface area contributed by atoms with Gasteiger partial charge in [-0.05, 0) is 50.3 Å². The number of nitrogens with zero attached hydrogens (tertiary/aromatic N) is 2. The summed E-state index contributed by atoms with van der Waals surface area (Å²) in [4.78, 5) is 5.32. The quantitative estimate of drug-likeness (QED) is 0.195. The topological polar surface area (TPSA) is 36.3 Å². The Bertz CT molecular complexity index is 1270. The van der Waals surface area contributed by atoms with E-state index in [0.717, 1.165) is 60.0 Å². The first kappa shape index (κ1) is 25.1. The Morgan fingerprint density at radius 2 is 1.49 bits per heavy atom. The second-order valence-corrected chi connectivity index (χ2v) is 9.97. The number of hydrogen-bond donors (Lipinski definition) is 0. The first-order valence-electron chi connectivity index (χ1n) is 13.8. The SMILES string of the molecule is CCCCCCn1c(-c2ccc(OC)c(OC3CCCC3)c2)nc(-c2ccccc2)c1-c1ccccc1. The summed E-state index contributed by atoms with van der Waals surface area (Å²) in [5.41, 5.74) is 5.57. The van der Waals surface area contributed by atoms with E-state index in [2.05, 4.69) is 84.3 Å². The third-order valence-electron chi connectivity index (χ3n) is 7.31. The van der Waals surface area contributed by atoms with Gasteiger partial charge in [0.25, 0.3) is 0 Å². The van der Waals surface area contributed by atoms with E-state index >= 15 is 0 Å². The van der Waals surface area contributed by atoms with Crippen molar-refractivity contribution < 1.29 is 9.47 Å². The van der Waals surface area contributed by atoms with Gasteiger partial charge in [-0.15, -0.1) is 0 Å². The number of benzene rings is 3. The van der Waals surface area contributed by atoms with Crippen molar-refractivity contribution in [2.45, 2.75) is 70.9 Å². The second-order valence-electron chi connectivity index (χ2n) is 9.97. The van der Waals surface area contributed by atoms with Crippen LogP contribution in [-0.4, -0.2) is 22.8 Å². The normalized spacial score (nSPS) is 13.7. The molecule has 0 N–H and O–H groups in total. The molecule has 1 aliphatic rings. The highest BCUT2D eigenvalue weighted by molar-refractivity contribution is 5.82. The van der Waals surface area contributed by atoms with Crippen molar-refractivity contribution >= 4 is 0 Å². The lowest BCUT2D eigenvalue weighted by atomic mass is 10.0. The molecule has 4 aromatic rings. The summed E-state index contributed by atoms with van der Waals surface area (Å²) in [6, 6.07) is 27.5. The van der Waals surface area contributed by atoms with Crippen LogP contribution in [0.25, 0.3) is 33.9 Å². The Balaban J connectivity index is 1.65. The molecule has 0 atom stereocenters. The molecule has 5 rings (SSSR count). The van der Waals surface area contributed by atoms with Gasteiger partial charge in [-0.2, -0.15) is 0 Å². The number of unbranched alkanes of at least 4 members (excludes halogenated alkanes) is 3. The fourth-order valence-corrected chi connectivity index (χ4v) is 5.37. The number of methoxy groups -OCH3 is 1. The maximum atomic E-state index is 6.46. The Labute approximate surface area is 221 Å². The van der Waals surface area contributed by atoms with E-state index in [1.807, 2.05) is 6.07 Å². The first-order valence-corrected chi connectivity index (χ1v) is 13.8. The van der Waals surface area contributed by atoms with Crippen LogP contribution in [-0.2, 0) is 6.54 Å². The lowest BCUT2D eigenvalue weighted by molar-refractivity contribution is 0.201. The van der Waals surface area contributed by atoms with E-state index in [1.54, 1.807) is 7.11 Å². The van der Waals surface area contributed by atoms with Gasteiger partial charge in [-0.25, -0.2) is 4.98 Å². The van der Waals surface area contributed by atoms with Gasteiger partial charge in [0, 0.05) is 23.2 Å². The third kappa shape index (κ3) is 5.74. The van der Waals surface area contributed by atoms with Crippen LogP contribution in [0.1, 0.15) is 58.3 Å². The fourth-order valence-electron chi connectivity index (χ4n) is 5.37. The lowest BCUT2D eigenvalue weighted by Gasteiger charge is -2.18. The van der Waals surface area contributed by atoms with E-state index in [9.17, 15) is 0 Å². The monoisotopic (exact) mass is 494 g/mol. The Kier molecular flexibility index (Phi) is 8.25. The van der Waals surface area contributed by atoms with Gasteiger partial charge in [0.2, 0.25) is 0 Å². The molecule has 0 unspecified atom stereocenters. The molecule has 0 spiro atoms. The van der Waals surface area contributed by atoms with Crippen molar-refractivity contribution in [2.75, 3.05) is 7.11 Å². The van der Waals surface area contributed by atoms with Crippen molar-refractivity contribution in [2.24, 2.45) is 0 Å². The summed E-state index contributed by atoms with van der Waals surface area (Å²) in [6.45, 7) is 3.18. The van der Waals surface area contributed by atoms with E-state index in [1.165, 1.54) is 43.4 Å². The molecule has 1 fully saturated rings. The van der Waals surface area contributed by atoms with Crippen molar-refractivity contribution in [3.05, 3.63) is 78.9 Å². The molecule has 37 heavy (non-hydrogen) atoms. The molecule has 0 saturated heterocycles. The highest BCUT2D eigenvalue weighted by Gasteiger charge is 2.23. The average Bonchev–Trinajstić information content (AvgIpc) is 3.60. The summed E-state index contributed by atoms with van der Waals surface area (Å²) in [5.74, 6) is 2.58. The molecule has 4 heteroatoms. The van der Waals surface area contributed by atoms with Crippen LogP contribution in [0.15, 0.2) is 78.9 Å². The van der Waals surface area contributed by atoms with E-state index < -0.39 is 0 Å². The van der Waals surface area contributed by atoms with Crippen LogP contribution in [0.4, 0.5) is 0 Å². The van der Waals surface area contributed by atoms with Crippen molar-refractivity contribution in [3.63, 3.8) is 0 Å². The van der Waals surface area contributed by atoms with Crippen LogP contribution in [0.5, 0.6) is 11.5 Å². The molecule has 3 aromatic carbocycles. The predicted molar refractivity (Wildman–Crippen MR) is 152 cm³/mol. The minimum absolute atomic E-state index is 0.262. The number of hydrogen-bond acceptors (Lipinski definition) is 3. The Morgan fingerprint density at radius 3 is 2.16 bits per heavy atom. The minimum Gasteiger partial charge on any atom is -0.493 e. The van der Waals surface area contributed by atoms with Crippen molar-refractivity contribution in [1.82, 2.24) is 9.55 Å². The number of aromatic nitrogens is 2. The van der Waals surface area contributed by atoms with Crippen molar-refractivity contribution in [3.8, 4) is 45.4 Å². The van der Waals surface area contributed by atoms with Gasteiger partial charge in [-0.3, -0.25) is 0 Å². The van der Waals surface area contributed by atoms with E-state index in [4.69, 9.17) is 14.5 Å². The van der Waals surface area contributed by atoms with Crippen LogP contribution < -0.4 is 9.47 Å². The fraction of sp³-hybridized carbons (Fsp3) is 0.364. The van der Waals surface area contributed by atoms with Gasteiger partial charge >= 0.3 is 0 Å². The van der Waals surface area contributed by atoms with Crippen LogP contribution in [0.2, 0.25) is 0 Å². The first-order chi connectivity index (χ1) is 18.3. The number of ether oxygens (including phenoxy) is 2. The second kappa shape index (κ2) is 12.1.